The first kappa shape index (κ1) is 19.0. The van der Waals surface area contributed by atoms with Gasteiger partial charge >= 0.3 is 6.09 Å². The fourth-order valence-corrected chi connectivity index (χ4v) is 2.01. The highest BCUT2D eigenvalue weighted by Gasteiger charge is 2.17. The summed E-state index contributed by atoms with van der Waals surface area (Å²) < 4.78 is 6.94. The van der Waals surface area contributed by atoms with E-state index in [2.05, 4.69) is 15.7 Å². The minimum absolute atomic E-state index is 0.0654. The predicted octanol–water partition coefficient (Wildman–Crippen LogP) is 2.39. The van der Waals surface area contributed by atoms with Crippen LogP contribution in [0, 0.1) is 0 Å². The molecule has 1 aromatic rings. The van der Waals surface area contributed by atoms with Gasteiger partial charge in [0.2, 0.25) is 5.91 Å². The Morgan fingerprint density at radius 3 is 2.57 bits per heavy atom. The van der Waals surface area contributed by atoms with E-state index in [-0.39, 0.29) is 24.9 Å². The number of nitrogens with one attached hydrogen (secondary N) is 2. The Balaban J connectivity index is 2.38. The number of aryl methyl sites for hydroxylation is 1. The number of carbonyl (C=O) groups excluding carboxylic acids is 2. The van der Waals surface area contributed by atoms with Crippen LogP contribution in [0.3, 0.4) is 0 Å². The van der Waals surface area contributed by atoms with Crippen molar-refractivity contribution in [2.24, 2.45) is 0 Å². The molecular formula is C16H28N4O3. The standard InChI is InChI=1S/C16H28N4O3/c1-6-13(12-10-18-20(7-2)11-12)19-14(21)8-9-17-15(22)23-16(3,4)5/h10-11,13H,6-9H2,1-5H3,(H,17,22)(H,19,21). The highest BCUT2D eigenvalue weighted by molar-refractivity contribution is 5.77. The molecule has 7 heteroatoms. The van der Waals surface area contributed by atoms with Crippen molar-refractivity contribution in [3.05, 3.63) is 18.0 Å². The molecule has 0 aliphatic carbocycles. The molecule has 2 amide bonds. The molecule has 0 fully saturated rings. The zero-order valence-electron chi connectivity index (χ0n) is 14.7. The van der Waals surface area contributed by atoms with Crippen molar-refractivity contribution in [1.82, 2.24) is 20.4 Å². The van der Waals surface area contributed by atoms with Crippen LogP contribution in [0.2, 0.25) is 0 Å². The zero-order valence-corrected chi connectivity index (χ0v) is 14.7. The molecule has 7 nitrogen and oxygen atoms in total. The lowest BCUT2D eigenvalue weighted by atomic mass is 10.1. The summed E-state index contributed by atoms with van der Waals surface area (Å²) in [4.78, 5) is 23.5. The maximum atomic E-state index is 12.0. The average Bonchev–Trinajstić information content (AvgIpc) is 2.91. The second kappa shape index (κ2) is 8.55. The van der Waals surface area contributed by atoms with Gasteiger partial charge in [0.15, 0.2) is 0 Å². The van der Waals surface area contributed by atoms with Crippen molar-refractivity contribution in [3.63, 3.8) is 0 Å². The summed E-state index contributed by atoms with van der Waals surface area (Å²) in [5, 5.41) is 9.76. The molecule has 1 atom stereocenters. The lowest BCUT2D eigenvalue weighted by molar-refractivity contribution is -0.121. The van der Waals surface area contributed by atoms with E-state index in [0.29, 0.717) is 0 Å². The third-order valence-corrected chi connectivity index (χ3v) is 3.14. The van der Waals surface area contributed by atoms with E-state index in [9.17, 15) is 9.59 Å². The number of aromatic nitrogens is 2. The molecule has 0 aliphatic heterocycles. The summed E-state index contributed by atoms with van der Waals surface area (Å²) in [5.74, 6) is -0.114. The fraction of sp³-hybridized carbons (Fsp3) is 0.688. The molecular weight excluding hydrogens is 296 g/mol. The first-order valence-electron chi connectivity index (χ1n) is 8.03. The number of rotatable bonds is 7. The van der Waals surface area contributed by atoms with Crippen molar-refractivity contribution in [1.29, 1.82) is 0 Å². The number of hydrogen-bond acceptors (Lipinski definition) is 4. The lowest BCUT2D eigenvalue weighted by Gasteiger charge is -2.20. The van der Waals surface area contributed by atoms with Gasteiger partial charge in [-0.15, -0.1) is 0 Å². The van der Waals surface area contributed by atoms with Crippen LogP contribution in [0.1, 0.15) is 59.1 Å². The van der Waals surface area contributed by atoms with E-state index in [4.69, 9.17) is 4.74 Å². The highest BCUT2D eigenvalue weighted by Crippen LogP contribution is 2.15. The molecule has 0 saturated carbocycles. The molecule has 0 spiro atoms. The average molecular weight is 324 g/mol. The number of hydrogen-bond donors (Lipinski definition) is 2. The molecule has 2 N–H and O–H groups in total. The molecule has 130 valence electrons. The van der Waals surface area contributed by atoms with E-state index < -0.39 is 11.7 Å². The monoisotopic (exact) mass is 324 g/mol. The number of carbonyl (C=O) groups is 2. The van der Waals surface area contributed by atoms with Crippen molar-refractivity contribution in [2.75, 3.05) is 6.54 Å². The topological polar surface area (TPSA) is 85.2 Å². The number of nitrogens with zero attached hydrogens (tertiary/aromatic N) is 2. The van der Waals surface area contributed by atoms with E-state index in [1.807, 2.05) is 24.7 Å². The third-order valence-electron chi connectivity index (χ3n) is 3.14. The van der Waals surface area contributed by atoms with Crippen molar-refractivity contribution >= 4 is 12.0 Å². The van der Waals surface area contributed by atoms with Crippen LogP contribution < -0.4 is 10.6 Å². The summed E-state index contributed by atoms with van der Waals surface area (Å²) in [6.07, 6.45) is 4.18. The van der Waals surface area contributed by atoms with Gasteiger partial charge in [-0.1, -0.05) is 6.92 Å². The first-order valence-corrected chi connectivity index (χ1v) is 8.03. The minimum atomic E-state index is -0.543. The predicted molar refractivity (Wildman–Crippen MR) is 87.9 cm³/mol. The van der Waals surface area contributed by atoms with Gasteiger partial charge in [0.25, 0.3) is 0 Å². The molecule has 1 unspecified atom stereocenters. The summed E-state index contributed by atoms with van der Waals surface area (Å²) in [6.45, 7) is 10.4. The molecule has 0 radical (unpaired) electrons. The van der Waals surface area contributed by atoms with Crippen LogP contribution in [0.15, 0.2) is 12.4 Å². The summed E-state index contributed by atoms with van der Waals surface area (Å²) >= 11 is 0. The third kappa shape index (κ3) is 7.17. The van der Waals surface area contributed by atoms with Crippen LogP contribution in [0.25, 0.3) is 0 Å². The number of amides is 2. The summed E-state index contributed by atoms with van der Waals surface area (Å²) in [5.41, 5.74) is 0.446. The van der Waals surface area contributed by atoms with Crippen molar-refractivity contribution in [3.8, 4) is 0 Å². The Morgan fingerprint density at radius 2 is 2.04 bits per heavy atom. The van der Waals surface area contributed by atoms with Crippen molar-refractivity contribution in [2.45, 2.75) is 65.6 Å². The molecule has 0 aromatic carbocycles. The quantitative estimate of drug-likeness (QED) is 0.806. The maximum Gasteiger partial charge on any atom is 0.407 e. The minimum Gasteiger partial charge on any atom is -0.444 e. The normalized spacial score (nSPS) is 12.6. The van der Waals surface area contributed by atoms with Crippen LogP contribution in [-0.4, -0.2) is 33.9 Å². The van der Waals surface area contributed by atoms with E-state index >= 15 is 0 Å². The number of alkyl carbamates (subject to hydrolysis) is 1. The van der Waals surface area contributed by atoms with Gasteiger partial charge in [-0.05, 0) is 34.1 Å². The van der Waals surface area contributed by atoms with E-state index in [1.54, 1.807) is 27.0 Å². The van der Waals surface area contributed by atoms with Gasteiger partial charge in [0, 0.05) is 31.3 Å². The Bertz CT molecular complexity index is 520. The van der Waals surface area contributed by atoms with Gasteiger partial charge in [-0.25, -0.2) is 4.79 Å². The molecule has 23 heavy (non-hydrogen) atoms. The molecule has 0 saturated heterocycles. The van der Waals surface area contributed by atoms with Crippen LogP contribution in [-0.2, 0) is 16.1 Å². The van der Waals surface area contributed by atoms with Crippen LogP contribution in [0.4, 0.5) is 4.79 Å². The smallest absolute Gasteiger partial charge is 0.407 e. The van der Waals surface area contributed by atoms with Gasteiger partial charge in [0.05, 0.1) is 12.2 Å². The summed E-state index contributed by atoms with van der Waals surface area (Å²) in [6, 6.07) is -0.0654. The highest BCUT2D eigenvalue weighted by atomic mass is 16.6. The van der Waals surface area contributed by atoms with Crippen molar-refractivity contribution < 1.29 is 14.3 Å². The van der Waals surface area contributed by atoms with E-state index in [1.165, 1.54) is 0 Å². The first-order chi connectivity index (χ1) is 10.7. The maximum absolute atomic E-state index is 12.0. The van der Waals surface area contributed by atoms with Crippen LogP contribution in [0.5, 0.6) is 0 Å². The molecule has 0 aliphatic rings. The Morgan fingerprint density at radius 1 is 1.35 bits per heavy atom. The van der Waals surface area contributed by atoms with Gasteiger partial charge in [0.1, 0.15) is 5.60 Å². The zero-order chi connectivity index (χ0) is 17.5. The second-order valence-corrected chi connectivity index (χ2v) is 6.34. The summed E-state index contributed by atoms with van der Waals surface area (Å²) in [7, 11) is 0. The Labute approximate surface area is 137 Å². The molecule has 0 bridgehead atoms. The van der Waals surface area contributed by atoms with Gasteiger partial charge < -0.3 is 15.4 Å². The Kier molecular flexibility index (Phi) is 7.06. The SMILES string of the molecule is CCC(NC(=O)CCNC(=O)OC(C)(C)C)c1cnn(CC)c1. The second-order valence-electron chi connectivity index (χ2n) is 6.34. The molecule has 1 heterocycles. The fourth-order valence-electron chi connectivity index (χ4n) is 2.01. The molecule has 1 aromatic heterocycles. The van der Waals surface area contributed by atoms with Gasteiger partial charge in [-0.3, -0.25) is 9.48 Å². The number of ether oxygens (including phenoxy) is 1. The van der Waals surface area contributed by atoms with Gasteiger partial charge in [-0.2, -0.15) is 5.10 Å². The Hall–Kier alpha value is -2.05. The van der Waals surface area contributed by atoms with E-state index in [0.717, 1.165) is 18.5 Å². The largest absolute Gasteiger partial charge is 0.444 e. The molecule has 1 rings (SSSR count). The lowest BCUT2D eigenvalue weighted by Crippen LogP contribution is -2.35. The van der Waals surface area contributed by atoms with Crippen LogP contribution >= 0.6 is 0 Å².